The monoisotopic (exact) mass is 291 g/mol. The molecule has 1 rings (SSSR count). The summed E-state index contributed by atoms with van der Waals surface area (Å²) in [5.41, 5.74) is 2.74. The molecule has 0 aliphatic heterocycles. The van der Waals surface area contributed by atoms with Gasteiger partial charge in [0.05, 0.1) is 5.56 Å². The zero-order chi connectivity index (χ0) is 15.7. The van der Waals surface area contributed by atoms with Gasteiger partial charge in [-0.25, -0.2) is 0 Å². The van der Waals surface area contributed by atoms with Crippen LogP contribution in [-0.4, -0.2) is 43.5 Å². The van der Waals surface area contributed by atoms with Crippen LogP contribution >= 0.6 is 0 Å². The topological polar surface area (TPSA) is 44.4 Å². The summed E-state index contributed by atoms with van der Waals surface area (Å²) in [5, 5.41) is 6.27. The maximum absolute atomic E-state index is 12.4. The Bertz CT molecular complexity index is 446. The number of amides is 1. The molecule has 4 nitrogen and oxygen atoms in total. The van der Waals surface area contributed by atoms with Crippen molar-refractivity contribution in [3.05, 3.63) is 29.3 Å². The Labute approximate surface area is 128 Å². The van der Waals surface area contributed by atoms with E-state index in [9.17, 15) is 4.79 Å². The fourth-order valence-corrected chi connectivity index (χ4v) is 2.36. The van der Waals surface area contributed by atoms with Crippen molar-refractivity contribution in [3.63, 3.8) is 0 Å². The van der Waals surface area contributed by atoms with Gasteiger partial charge in [0.15, 0.2) is 0 Å². The molecule has 0 atom stereocenters. The van der Waals surface area contributed by atoms with Crippen LogP contribution in [0.2, 0.25) is 0 Å². The summed E-state index contributed by atoms with van der Waals surface area (Å²) in [6.07, 6.45) is 1.14. The highest BCUT2D eigenvalue weighted by Gasteiger charge is 2.11. The molecule has 0 fully saturated rings. The molecule has 1 amide bonds. The van der Waals surface area contributed by atoms with Gasteiger partial charge < -0.3 is 15.5 Å². The van der Waals surface area contributed by atoms with Crippen LogP contribution in [0.3, 0.4) is 0 Å². The van der Waals surface area contributed by atoms with E-state index in [1.54, 1.807) is 0 Å². The number of hydrogen-bond donors (Lipinski definition) is 2. The quantitative estimate of drug-likeness (QED) is 0.735. The predicted molar refractivity (Wildman–Crippen MR) is 90.1 cm³/mol. The van der Waals surface area contributed by atoms with Gasteiger partial charge in [-0.05, 0) is 45.5 Å². The minimum Gasteiger partial charge on any atom is -0.385 e. The maximum Gasteiger partial charge on any atom is 0.253 e. The first-order valence-corrected chi connectivity index (χ1v) is 7.97. The third kappa shape index (κ3) is 5.76. The molecule has 1 aromatic rings. The summed E-state index contributed by atoms with van der Waals surface area (Å²) < 4.78 is 0. The van der Waals surface area contributed by atoms with Crippen LogP contribution in [0, 0.1) is 6.92 Å². The molecule has 1 aromatic carbocycles. The number of nitrogens with one attached hydrogen (secondary N) is 2. The smallest absolute Gasteiger partial charge is 0.253 e. The van der Waals surface area contributed by atoms with Gasteiger partial charge >= 0.3 is 0 Å². The van der Waals surface area contributed by atoms with Gasteiger partial charge in [-0.15, -0.1) is 0 Å². The van der Waals surface area contributed by atoms with Crippen molar-refractivity contribution in [2.75, 3.05) is 38.0 Å². The van der Waals surface area contributed by atoms with Gasteiger partial charge in [-0.1, -0.05) is 25.5 Å². The van der Waals surface area contributed by atoms with E-state index in [-0.39, 0.29) is 5.91 Å². The van der Waals surface area contributed by atoms with Crippen molar-refractivity contribution in [2.45, 2.75) is 34.1 Å². The van der Waals surface area contributed by atoms with E-state index < -0.39 is 0 Å². The highest BCUT2D eigenvalue weighted by atomic mass is 16.1. The Kier molecular flexibility index (Phi) is 7.83. The van der Waals surface area contributed by atoms with Crippen LogP contribution in [0.4, 0.5) is 5.69 Å². The Morgan fingerprint density at radius 3 is 2.57 bits per heavy atom. The number of anilines is 1. The van der Waals surface area contributed by atoms with Gasteiger partial charge in [0, 0.05) is 25.3 Å². The van der Waals surface area contributed by atoms with E-state index in [0.717, 1.165) is 49.4 Å². The second kappa shape index (κ2) is 9.40. The molecule has 0 radical (unpaired) electrons. The lowest BCUT2D eigenvalue weighted by molar-refractivity contribution is 0.0949. The van der Waals surface area contributed by atoms with Gasteiger partial charge in [0.1, 0.15) is 0 Å². The molecule has 0 unspecified atom stereocenters. The van der Waals surface area contributed by atoms with Crippen molar-refractivity contribution < 1.29 is 4.79 Å². The van der Waals surface area contributed by atoms with Crippen LogP contribution in [0.5, 0.6) is 0 Å². The van der Waals surface area contributed by atoms with E-state index in [0.29, 0.717) is 6.54 Å². The van der Waals surface area contributed by atoms with E-state index in [1.807, 2.05) is 32.0 Å². The number of benzene rings is 1. The molecule has 0 bridgehead atoms. The Morgan fingerprint density at radius 2 is 1.95 bits per heavy atom. The number of rotatable bonds is 9. The van der Waals surface area contributed by atoms with E-state index in [1.165, 1.54) is 0 Å². The molecule has 0 heterocycles. The Balaban J connectivity index is 2.60. The fourth-order valence-electron chi connectivity index (χ4n) is 2.36. The first-order valence-electron chi connectivity index (χ1n) is 7.97. The molecule has 0 spiro atoms. The van der Waals surface area contributed by atoms with E-state index >= 15 is 0 Å². The second-order valence-corrected chi connectivity index (χ2v) is 5.27. The minimum absolute atomic E-state index is 0.00204. The SMILES string of the molecule is CCCN(CC)CCNC(=O)c1cc(C)ccc1NCC. The number of carbonyl (C=O) groups excluding carboxylic acids is 1. The maximum atomic E-state index is 12.4. The summed E-state index contributed by atoms with van der Waals surface area (Å²) in [6, 6.07) is 5.94. The molecular weight excluding hydrogens is 262 g/mol. The molecule has 0 aliphatic carbocycles. The van der Waals surface area contributed by atoms with E-state index in [4.69, 9.17) is 0 Å². The molecule has 0 saturated heterocycles. The second-order valence-electron chi connectivity index (χ2n) is 5.27. The summed E-state index contributed by atoms with van der Waals surface area (Å²) in [5.74, 6) is 0.00204. The summed E-state index contributed by atoms with van der Waals surface area (Å²) >= 11 is 0. The summed E-state index contributed by atoms with van der Waals surface area (Å²) in [6.45, 7) is 12.9. The van der Waals surface area contributed by atoms with Crippen LogP contribution in [0.15, 0.2) is 18.2 Å². The van der Waals surface area contributed by atoms with Crippen LogP contribution in [0.1, 0.15) is 43.1 Å². The summed E-state index contributed by atoms with van der Waals surface area (Å²) in [7, 11) is 0. The first-order chi connectivity index (χ1) is 10.1. The average Bonchev–Trinajstić information content (AvgIpc) is 2.48. The van der Waals surface area contributed by atoms with Gasteiger partial charge in [0.2, 0.25) is 0 Å². The zero-order valence-electron chi connectivity index (χ0n) is 13.8. The number of carbonyl (C=O) groups is 1. The van der Waals surface area contributed by atoms with Crippen molar-refractivity contribution in [3.8, 4) is 0 Å². The lowest BCUT2D eigenvalue weighted by atomic mass is 10.1. The van der Waals surface area contributed by atoms with Gasteiger partial charge in [0.25, 0.3) is 5.91 Å². The minimum atomic E-state index is 0.00204. The lowest BCUT2D eigenvalue weighted by Gasteiger charge is -2.20. The molecule has 0 saturated carbocycles. The zero-order valence-corrected chi connectivity index (χ0v) is 13.8. The average molecular weight is 291 g/mol. The molecular formula is C17H29N3O. The van der Waals surface area contributed by atoms with E-state index in [2.05, 4.69) is 29.4 Å². The molecule has 2 N–H and O–H groups in total. The molecule has 0 aromatic heterocycles. The molecule has 4 heteroatoms. The number of aryl methyl sites for hydroxylation is 1. The first kappa shape index (κ1) is 17.5. The fraction of sp³-hybridized carbons (Fsp3) is 0.588. The van der Waals surface area contributed by atoms with Crippen molar-refractivity contribution in [2.24, 2.45) is 0 Å². The van der Waals surface area contributed by atoms with Crippen LogP contribution in [-0.2, 0) is 0 Å². The number of likely N-dealkylation sites (N-methyl/N-ethyl adjacent to an activating group) is 1. The largest absolute Gasteiger partial charge is 0.385 e. The Hall–Kier alpha value is -1.55. The normalized spacial score (nSPS) is 10.7. The van der Waals surface area contributed by atoms with Gasteiger partial charge in [-0.3, -0.25) is 4.79 Å². The van der Waals surface area contributed by atoms with Crippen molar-refractivity contribution in [1.82, 2.24) is 10.2 Å². The predicted octanol–water partition coefficient (Wildman–Crippen LogP) is 2.89. The van der Waals surface area contributed by atoms with Crippen molar-refractivity contribution in [1.29, 1.82) is 0 Å². The number of nitrogens with zero attached hydrogens (tertiary/aromatic N) is 1. The van der Waals surface area contributed by atoms with Crippen LogP contribution in [0.25, 0.3) is 0 Å². The number of hydrogen-bond acceptors (Lipinski definition) is 3. The third-order valence-corrected chi connectivity index (χ3v) is 3.49. The lowest BCUT2D eigenvalue weighted by Crippen LogP contribution is -2.35. The molecule has 118 valence electrons. The summed E-state index contributed by atoms with van der Waals surface area (Å²) in [4.78, 5) is 14.7. The highest BCUT2D eigenvalue weighted by Crippen LogP contribution is 2.17. The van der Waals surface area contributed by atoms with Crippen molar-refractivity contribution >= 4 is 11.6 Å². The van der Waals surface area contributed by atoms with Crippen LogP contribution < -0.4 is 10.6 Å². The highest BCUT2D eigenvalue weighted by molar-refractivity contribution is 5.99. The Morgan fingerprint density at radius 1 is 1.19 bits per heavy atom. The van der Waals surface area contributed by atoms with Gasteiger partial charge in [-0.2, -0.15) is 0 Å². The standard InChI is InChI=1S/C17H29N3O/c1-5-11-20(7-3)12-10-19-17(21)15-13-14(4)8-9-16(15)18-6-2/h8-9,13,18H,5-7,10-12H2,1-4H3,(H,19,21). The molecule has 0 aliphatic rings. The third-order valence-electron chi connectivity index (χ3n) is 3.49. The molecule has 21 heavy (non-hydrogen) atoms.